The van der Waals surface area contributed by atoms with Crippen molar-refractivity contribution in [2.24, 2.45) is 11.8 Å². The Hall–Kier alpha value is -0.670. The van der Waals surface area contributed by atoms with Crippen LogP contribution in [-0.4, -0.2) is 17.7 Å². The van der Waals surface area contributed by atoms with Gasteiger partial charge in [0.2, 0.25) is 5.91 Å². The number of benzene rings is 1. The molecule has 1 N–H and O–H groups in total. The molecule has 0 aromatic heterocycles. The van der Waals surface area contributed by atoms with Crippen molar-refractivity contribution in [2.75, 3.05) is 5.75 Å². The van der Waals surface area contributed by atoms with E-state index in [-0.39, 0.29) is 5.91 Å². The topological polar surface area (TPSA) is 29.1 Å². The Morgan fingerprint density at radius 3 is 2.73 bits per heavy atom. The monoisotopic (exact) mass is 339 g/mol. The Labute approximate surface area is 143 Å². The van der Waals surface area contributed by atoms with Gasteiger partial charge in [-0.05, 0) is 36.0 Å². The van der Waals surface area contributed by atoms with Crippen LogP contribution in [0.3, 0.4) is 0 Å². The molecule has 0 heterocycles. The van der Waals surface area contributed by atoms with Gasteiger partial charge < -0.3 is 5.32 Å². The van der Waals surface area contributed by atoms with Gasteiger partial charge in [0.25, 0.3) is 0 Å². The Morgan fingerprint density at radius 1 is 1.27 bits per heavy atom. The zero-order chi connectivity index (χ0) is 15.9. The number of nitrogens with one attached hydrogen (secondary N) is 1. The summed E-state index contributed by atoms with van der Waals surface area (Å²) in [5.41, 5.74) is 1.25. The van der Waals surface area contributed by atoms with Crippen LogP contribution in [0.5, 0.6) is 0 Å². The van der Waals surface area contributed by atoms with Crippen molar-refractivity contribution >= 4 is 29.3 Å². The zero-order valence-electron chi connectivity index (χ0n) is 13.5. The van der Waals surface area contributed by atoms with Crippen molar-refractivity contribution in [3.8, 4) is 0 Å². The van der Waals surface area contributed by atoms with Crippen LogP contribution in [0, 0.1) is 11.8 Å². The van der Waals surface area contributed by atoms with E-state index in [9.17, 15) is 4.79 Å². The van der Waals surface area contributed by atoms with Gasteiger partial charge in [-0.15, -0.1) is 0 Å². The highest BCUT2D eigenvalue weighted by Gasteiger charge is 2.27. The summed E-state index contributed by atoms with van der Waals surface area (Å²) in [5.74, 6) is 3.32. The van der Waals surface area contributed by atoms with E-state index in [1.807, 2.05) is 24.3 Å². The Kier molecular flexibility index (Phi) is 7.10. The van der Waals surface area contributed by atoms with E-state index < -0.39 is 0 Å². The molecule has 1 aromatic rings. The Morgan fingerprint density at radius 2 is 2.00 bits per heavy atom. The highest BCUT2D eigenvalue weighted by atomic mass is 35.5. The molecule has 0 saturated heterocycles. The average Bonchev–Trinajstić information content (AvgIpc) is 2.50. The van der Waals surface area contributed by atoms with Crippen LogP contribution in [0.1, 0.15) is 45.1 Å². The molecule has 2 rings (SSSR count). The molecule has 0 unspecified atom stereocenters. The minimum absolute atomic E-state index is 0.203. The lowest BCUT2D eigenvalue weighted by atomic mass is 9.78. The zero-order valence-corrected chi connectivity index (χ0v) is 15.1. The fourth-order valence-electron chi connectivity index (χ4n) is 3.00. The quantitative estimate of drug-likeness (QED) is 0.746. The largest absolute Gasteiger partial charge is 0.353 e. The molecule has 1 saturated carbocycles. The molecule has 1 amide bonds. The van der Waals surface area contributed by atoms with Gasteiger partial charge in [0.15, 0.2) is 0 Å². The third-order valence-corrected chi connectivity index (χ3v) is 5.99. The molecule has 122 valence electrons. The second kappa shape index (κ2) is 8.83. The summed E-state index contributed by atoms with van der Waals surface area (Å²) in [6.45, 7) is 4.56. The fourth-order valence-corrected chi connectivity index (χ4v) is 4.03. The van der Waals surface area contributed by atoms with E-state index in [0.717, 1.165) is 28.9 Å². The van der Waals surface area contributed by atoms with Gasteiger partial charge >= 0.3 is 0 Å². The first-order valence-electron chi connectivity index (χ1n) is 8.18. The lowest BCUT2D eigenvalue weighted by molar-refractivity contribution is -0.122. The number of carbonyl (C=O) groups is 1. The lowest BCUT2D eigenvalue weighted by Gasteiger charge is -2.34. The first kappa shape index (κ1) is 17.7. The van der Waals surface area contributed by atoms with Crippen LogP contribution in [0.25, 0.3) is 0 Å². The summed E-state index contributed by atoms with van der Waals surface area (Å²) in [5, 5.41) is 4.00. The second-order valence-corrected chi connectivity index (χ2v) is 7.91. The van der Waals surface area contributed by atoms with Crippen molar-refractivity contribution in [1.82, 2.24) is 5.32 Å². The average molecular weight is 340 g/mol. The number of carbonyl (C=O) groups excluding carboxylic acids is 1. The first-order valence-corrected chi connectivity index (χ1v) is 9.71. The highest BCUT2D eigenvalue weighted by Crippen LogP contribution is 2.29. The van der Waals surface area contributed by atoms with Gasteiger partial charge in [0, 0.05) is 29.0 Å². The lowest BCUT2D eigenvalue weighted by Crippen LogP contribution is -2.43. The van der Waals surface area contributed by atoms with Gasteiger partial charge in [0.05, 0.1) is 0 Å². The molecule has 0 spiro atoms. The van der Waals surface area contributed by atoms with Crippen molar-refractivity contribution in [1.29, 1.82) is 0 Å². The van der Waals surface area contributed by atoms with Gasteiger partial charge in [-0.25, -0.2) is 0 Å². The van der Waals surface area contributed by atoms with Crippen LogP contribution < -0.4 is 5.32 Å². The minimum Gasteiger partial charge on any atom is -0.353 e. The molecule has 4 heteroatoms. The molecule has 1 aliphatic rings. The van der Waals surface area contributed by atoms with E-state index in [1.165, 1.54) is 18.4 Å². The minimum atomic E-state index is 0.203. The maximum atomic E-state index is 12.1. The van der Waals surface area contributed by atoms with Crippen LogP contribution in [0.2, 0.25) is 5.02 Å². The van der Waals surface area contributed by atoms with Gasteiger partial charge in [-0.1, -0.05) is 50.4 Å². The molecular formula is C18H26ClNOS. The molecule has 1 aromatic carbocycles. The molecule has 0 bridgehead atoms. The molecule has 1 aliphatic carbocycles. The number of halogens is 1. The molecule has 0 radical (unpaired) electrons. The summed E-state index contributed by atoms with van der Waals surface area (Å²) in [4.78, 5) is 12.1. The molecule has 1 fully saturated rings. The summed E-state index contributed by atoms with van der Waals surface area (Å²) in [6, 6.07) is 8.28. The predicted octanol–water partition coefficient (Wildman–Crippen LogP) is 4.90. The summed E-state index contributed by atoms with van der Waals surface area (Å²) >= 11 is 7.67. The van der Waals surface area contributed by atoms with Gasteiger partial charge in [-0.2, -0.15) is 11.8 Å². The number of thioether (sulfide) groups is 1. The SMILES string of the molecule is C[C@H]1[C@H](C)CCC[C@@H]1NC(=O)CCSCc1ccc(Cl)cc1. The second-order valence-electron chi connectivity index (χ2n) is 6.37. The molecule has 2 nitrogen and oxygen atoms in total. The summed E-state index contributed by atoms with van der Waals surface area (Å²) < 4.78 is 0. The van der Waals surface area contributed by atoms with E-state index in [2.05, 4.69) is 19.2 Å². The van der Waals surface area contributed by atoms with E-state index >= 15 is 0 Å². The van der Waals surface area contributed by atoms with Gasteiger partial charge in [0.1, 0.15) is 0 Å². The van der Waals surface area contributed by atoms with Gasteiger partial charge in [-0.3, -0.25) is 4.79 Å². The van der Waals surface area contributed by atoms with E-state index in [4.69, 9.17) is 11.6 Å². The number of hydrogen-bond acceptors (Lipinski definition) is 2. The third kappa shape index (κ3) is 5.51. The maximum Gasteiger partial charge on any atom is 0.221 e. The van der Waals surface area contributed by atoms with Crippen LogP contribution in [-0.2, 0) is 10.5 Å². The standard InChI is InChI=1S/C18H26ClNOS/c1-13-4-3-5-17(14(13)2)20-18(21)10-11-22-12-15-6-8-16(19)9-7-15/h6-9,13-14,17H,3-5,10-12H2,1-2H3,(H,20,21)/t13-,14+,17+/m1/s1. The Bertz CT molecular complexity index is 476. The Balaban J connectivity index is 1.64. The molecule has 3 atom stereocenters. The fraction of sp³-hybridized carbons (Fsp3) is 0.611. The number of hydrogen-bond donors (Lipinski definition) is 1. The summed E-state index contributed by atoms with van der Waals surface area (Å²) in [7, 11) is 0. The first-order chi connectivity index (χ1) is 10.6. The molecule has 0 aliphatic heterocycles. The van der Waals surface area contributed by atoms with E-state index in [0.29, 0.717) is 18.4 Å². The summed E-state index contributed by atoms with van der Waals surface area (Å²) in [6.07, 6.45) is 4.28. The van der Waals surface area contributed by atoms with E-state index in [1.54, 1.807) is 11.8 Å². The number of amides is 1. The van der Waals surface area contributed by atoms with Crippen LogP contribution in [0.15, 0.2) is 24.3 Å². The normalized spacial score (nSPS) is 25.0. The smallest absolute Gasteiger partial charge is 0.221 e. The number of rotatable bonds is 6. The van der Waals surface area contributed by atoms with Crippen molar-refractivity contribution in [3.63, 3.8) is 0 Å². The highest BCUT2D eigenvalue weighted by molar-refractivity contribution is 7.98. The van der Waals surface area contributed by atoms with Crippen molar-refractivity contribution in [3.05, 3.63) is 34.9 Å². The predicted molar refractivity (Wildman–Crippen MR) is 96.3 cm³/mol. The molecular weight excluding hydrogens is 314 g/mol. The third-order valence-electron chi connectivity index (χ3n) is 4.71. The van der Waals surface area contributed by atoms with Crippen LogP contribution >= 0.6 is 23.4 Å². The van der Waals surface area contributed by atoms with Crippen LogP contribution in [0.4, 0.5) is 0 Å². The molecule has 22 heavy (non-hydrogen) atoms. The van der Waals surface area contributed by atoms with Crippen molar-refractivity contribution < 1.29 is 4.79 Å². The van der Waals surface area contributed by atoms with Crippen molar-refractivity contribution in [2.45, 2.75) is 51.3 Å². The maximum absolute atomic E-state index is 12.1.